The number of nitrogens with one attached hydrogen (secondary N) is 2. The molecular weight excluding hydrogens is 428 g/mol. The third-order valence-electron chi connectivity index (χ3n) is 10.5. The predicted molar refractivity (Wildman–Crippen MR) is 151 cm³/mol. The first-order valence-corrected chi connectivity index (χ1v) is 16.2. The largest absolute Gasteiger partial charge is 0.302 e. The van der Waals surface area contributed by atoms with Gasteiger partial charge in [0.25, 0.3) is 0 Å². The van der Waals surface area contributed by atoms with Gasteiger partial charge >= 0.3 is 0 Å². The van der Waals surface area contributed by atoms with Crippen LogP contribution in [0.1, 0.15) is 136 Å². The monoisotopic (exact) mass is 488 g/mol. The molecule has 2 N–H and O–H groups in total. The summed E-state index contributed by atoms with van der Waals surface area (Å²) >= 11 is 0. The van der Waals surface area contributed by atoms with E-state index in [-0.39, 0.29) is 0 Å². The number of nitrogens with zero attached hydrogens (tertiary/aromatic N) is 2. The summed E-state index contributed by atoms with van der Waals surface area (Å²) in [6, 6.07) is 1.72. The van der Waals surface area contributed by atoms with Crippen molar-refractivity contribution in [3.05, 3.63) is 0 Å². The Hall–Kier alpha value is -0.160. The molecule has 35 heavy (non-hydrogen) atoms. The predicted octanol–water partition coefficient (Wildman–Crippen LogP) is 6.90. The zero-order chi connectivity index (χ0) is 24.5. The van der Waals surface area contributed by atoms with Gasteiger partial charge in [0.15, 0.2) is 0 Å². The topological polar surface area (TPSA) is 30.5 Å². The van der Waals surface area contributed by atoms with Crippen LogP contribution in [0.15, 0.2) is 0 Å². The van der Waals surface area contributed by atoms with Crippen molar-refractivity contribution in [2.24, 2.45) is 11.8 Å². The van der Waals surface area contributed by atoms with E-state index < -0.39 is 0 Å². The molecule has 0 aromatic heterocycles. The summed E-state index contributed by atoms with van der Waals surface area (Å²) in [7, 11) is 0. The summed E-state index contributed by atoms with van der Waals surface area (Å²) in [5.74, 6) is 1.95. The minimum Gasteiger partial charge on any atom is -0.302 e. The van der Waals surface area contributed by atoms with E-state index in [0.717, 1.165) is 37.0 Å². The molecule has 4 heteroatoms. The van der Waals surface area contributed by atoms with E-state index >= 15 is 0 Å². The number of rotatable bonds is 13. The van der Waals surface area contributed by atoms with Crippen LogP contribution in [-0.2, 0) is 0 Å². The van der Waals surface area contributed by atoms with Crippen LogP contribution < -0.4 is 10.6 Å². The van der Waals surface area contributed by atoms with Gasteiger partial charge < -0.3 is 10.6 Å². The molecule has 4 atom stereocenters. The van der Waals surface area contributed by atoms with Crippen molar-refractivity contribution in [1.29, 1.82) is 0 Å². The van der Waals surface area contributed by atoms with Crippen molar-refractivity contribution in [2.45, 2.75) is 160 Å². The Morgan fingerprint density at radius 1 is 0.657 bits per heavy atom. The molecule has 4 fully saturated rings. The Morgan fingerprint density at radius 3 is 1.66 bits per heavy atom. The third kappa shape index (κ3) is 6.65. The van der Waals surface area contributed by atoms with Crippen LogP contribution in [0.4, 0.5) is 0 Å². The molecule has 2 saturated carbocycles. The highest BCUT2D eigenvalue weighted by molar-refractivity contribution is 5.03. The number of fused-ring (bicyclic) bond motifs is 2. The van der Waals surface area contributed by atoms with Gasteiger partial charge in [-0.15, -0.1) is 0 Å². The fraction of sp³-hybridized carbons (Fsp3) is 1.00. The van der Waals surface area contributed by atoms with Gasteiger partial charge in [-0.2, -0.15) is 0 Å². The number of hydrogen-bond acceptors (Lipinski definition) is 4. The third-order valence-corrected chi connectivity index (χ3v) is 10.5. The second-order valence-electron chi connectivity index (χ2n) is 12.5. The van der Waals surface area contributed by atoms with Gasteiger partial charge in [0, 0.05) is 25.2 Å². The minimum atomic E-state index is 0.306. The molecule has 4 nitrogen and oxygen atoms in total. The lowest BCUT2D eigenvalue weighted by Crippen LogP contribution is -2.70. The van der Waals surface area contributed by atoms with Gasteiger partial charge in [0.05, 0.1) is 11.8 Å². The number of hydrogen-bond donors (Lipinski definition) is 2. The Morgan fingerprint density at radius 2 is 1.14 bits per heavy atom. The van der Waals surface area contributed by atoms with Gasteiger partial charge in [0.1, 0.15) is 0 Å². The maximum Gasteiger partial charge on any atom is 0.0742 e. The Balaban J connectivity index is 1.63. The molecule has 2 heterocycles. The summed E-state index contributed by atoms with van der Waals surface area (Å²) in [6.45, 7) is 11.8. The first-order valence-electron chi connectivity index (χ1n) is 16.2. The van der Waals surface area contributed by atoms with Crippen molar-refractivity contribution in [2.75, 3.05) is 26.2 Å². The second-order valence-corrected chi connectivity index (χ2v) is 12.5. The zero-order valence-electron chi connectivity index (χ0n) is 23.8. The summed E-state index contributed by atoms with van der Waals surface area (Å²) in [5.41, 5.74) is 0.306. The lowest BCUT2D eigenvalue weighted by Gasteiger charge is -2.62. The number of likely N-dealkylation sites (tertiary alicyclic amines) is 2. The van der Waals surface area contributed by atoms with Gasteiger partial charge in [0.2, 0.25) is 0 Å². The molecular formula is C31H60N4. The summed E-state index contributed by atoms with van der Waals surface area (Å²) < 4.78 is 0. The van der Waals surface area contributed by atoms with Crippen LogP contribution in [0.25, 0.3) is 0 Å². The first kappa shape index (κ1) is 27.9. The van der Waals surface area contributed by atoms with E-state index in [9.17, 15) is 0 Å². The molecule has 4 unspecified atom stereocenters. The fourth-order valence-corrected chi connectivity index (χ4v) is 8.97. The van der Waals surface area contributed by atoms with Gasteiger partial charge in [-0.25, -0.2) is 0 Å². The van der Waals surface area contributed by atoms with Crippen LogP contribution in [0, 0.1) is 11.8 Å². The lowest BCUT2D eigenvalue weighted by atomic mass is 9.73. The number of unbranched alkanes of at least 4 members (excludes halogenated alkanes) is 1. The maximum atomic E-state index is 3.72. The average Bonchev–Trinajstić information content (AvgIpc) is 2.90. The number of piperidine rings is 2. The molecule has 0 amide bonds. The smallest absolute Gasteiger partial charge is 0.0742 e. The average molecular weight is 489 g/mol. The van der Waals surface area contributed by atoms with E-state index in [2.05, 4.69) is 41.2 Å². The quantitative estimate of drug-likeness (QED) is 0.276. The van der Waals surface area contributed by atoms with E-state index in [1.165, 1.54) is 129 Å². The molecule has 0 aromatic rings. The molecule has 4 aliphatic rings. The molecule has 204 valence electrons. The highest BCUT2D eigenvalue weighted by Crippen LogP contribution is 2.48. The zero-order valence-corrected chi connectivity index (χ0v) is 23.8. The van der Waals surface area contributed by atoms with E-state index in [1.54, 1.807) is 0 Å². The van der Waals surface area contributed by atoms with Crippen molar-refractivity contribution in [3.63, 3.8) is 0 Å². The van der Waals surface area contributed by atoms with Gasteiger partial charge in [-0.05, 0) is 102 Å². The second kappa shape index (κ2) is 14.1. The Labute approximate surface area is 218 Å². The highest BCUT2D eigenvalue weighted by Gasteiger charge is 2.51. The highest BCUT2D eigenvalue weighted by atomic mass is 15.4. The molecule has 0 spiro atoms. The van der Waals surface area contributed by atoms with Crippen LogP contribution >= 0.6 is 0 Å². The van der Waals surface area contributed by atoms with Crippen molar-refractivity contribution < 1.29 is 0 Å². The van der Waals surface area contributed by atoms with Gasteiger partial charge in [-0.1, -0.05) is 59.3 Å². The molecule has 2 saturated heterocycles. The van der Waals surface area contributed by atoms with E-state index in [1.807, 2.05) is 0 Å². The molecule has 4 rings (SSSR count). The van der Waals surface area contributed by atoms with Crippen LogP contribution in [0.2, 0.25) is 0 Å². The summed E-state index contributed by atoms with van der Waals surface area (Å²) in [6.07, 6.45) is 26.3. The van der Waals surface area contributed by atoms with Crippen LogP contribution in [0.5, 0.6) is 0 Å². The van der Waals surface area contributed by atoms with Gasteiger partial charge in [-0.3, -0.25) is 9.80 Å². The van der Waals surface area contributed by atoms with E-state index in [4.69, 9.17) is 0 Å². The Bertz CT molecular complexity index is 551. The SMILES string of the molecule is CCCCC(CCCC(NCC)NCC)(N1CCCC2CCCCC21)N1CCCC2CCCCC21. The summed E-state index contributed by atoms with van der Waals surface area (Å²) in [4.78, 5) is 6.39. The Kier molecular flexibility index (Phi) is 11.2. The molecule has 2 aliphatic heterocycles. The first-order chi connectivity index (χ1) is 17.2. The molecule has 0 bridgehead atoms. The normalized spacial score (nSPS) is 32.2. The standard InChI is InChI=1S/C31H60N4/c1-4-7-22-31(23-12-21-30(32-5-2)33-6-3,34-24-13-17-26-15-8-10-19-28(26)34)35-25-14-18-27-16-9-11-20-29(27)35/h26-30,32-33H,4-25H2,1-3H3. The lowest BCUT2D eigenvalue weighted by molar-refractivity contribution is -0.163. The van der Waals surface area contributed by atoms with Crippen molar-refractivity contribution >= 4 is 0 Å². The molecule has 2 aliphatic carbocycles. The molecule has 0 radical (unpaired) electrons. The van der Waals surface area contributed by atoms with Crippen molar-refractivity contribution in [1.82, 2.24) is 20.4 Å². The molecule has 0 aromatic carbocycles. The van der Waals surface area contributed by atoms with Crippen LogP contribution in [-0.4, -0.2) is 59.9 Å². The summed E-state index contributed by atoms with van der Waals surface area (Å²) in [5, 5.41) is 7.45. The van der Waals surface area contributed by atoms with Crippen molar-refractivity contribution in [3.8, 4) is 0 Å². The fourth-order valence-electron chi connectivity index (χ4n) is 8.97. The minimum absolute atomic E-state index is 0.306. The van der Waals surface area contributed by atoms with E-state index in [0.29, 0.717) is 11.8 Å². The maximum absolute atomic E-state index is 3.72. The van der Waals surface area contributed by atoms with Crippen LogP contribution in [0.3, 0.4) is 0 Å².